The maximum atomic E-state index is 11.8. The Morgan fingerprint density at radius 2 is 1.92 bits per heavy atom. The summed E-state index contributed by atoms with van der Waals surface area (Å²) in [5.74, 6) is 1.64. The number of hydrogen-bond donors (Lipinski definition) is 1. The molecule has 0 aliphatic carbocycles. The Morgan fingerprint density at radius 3 is 2.69 bits per heavy atom. The van der Waals surface area contributed by atoms with Gasteiger partial charge in [0.2, 0.25) is 0 Å². The molecule has 1 aromatic heterocycles. The predicted octanol–water partition coefficient (Wildman–Crippen LogP) is 4.39. The zero-order valence-electron chi connectivity index (χ0n) is 14.1. The highest BCUT2D eigenvalue weighted by atomic mass is 127. The van der Waals surface area contributed by atoms with Crippen LogP contribution in [0, 0.1) is 10.5 Å². The number of rotatable bonds is 6. The van der Waals surface area contributed by atoms with Gasteiger partial charge in [0, 0.05) is 9.13 Å². The molecule has 26 heavy (non-hydrogen) atoms. The van der Waals surface area contributed by atoms with Gasteiger partial charge < -0.3 is 9.15 Å². The number of ether oxygens (including phenoxy) is 1. The molecule has 2 aromatic carbocycles. The van der Waals surface area contributed by atoms with E-state index in [0.29, 0.717) is 11.5 Å². The van der Waals surface area contributed by atoms with E-state index in [-0.39, 0.29) is 12.5 Å². The van der Waals surface area contributed by atoms with Crippen LogP contribution in [0.15, 0.2) is 70.2 Å². The minimum absolute atomic E-state index is 0.103. The standard InChI is InChI=1S/C20H17IN2O3/c1-14-4-2-3-5-18(14)25-13-20(24)23-22-12-17-10-11-19(26-17)15-6-8-16(21)9-7-15/h2-12H,13H2,1H3,(H,23,24)/b22-12-. The van der Waals surface area contributed by atoms with Gasteiger partial charge in [-0.3, -0.25) is 4.79 Å². The van der Waals surface area contributed by atoms with Crippen LogP contribution in [0.4, 0.5) is 0 Å². The lowest BCUT2D eigenvalue weighted by Gasteiger charge is -2.07. The largest absolute Gasteiger partial charge is 0.483 e. The van der Waals surface area contributed by atoms with Crippen molar-refractivity contribution in [1.29, 1.82) is 0 Å². The van der Waals surface area contributed by atoms with Crippen molar-refractivity contribution in [3.63, 3.8) is 0 Å². The van der Waals surface area contributed by atoms with Crippen LogP contribution in [0.2, 0.25) is 0 Å². The van der Waals surface area contributed by atoms with Crippen LogP contribution in [0.3, 0.4) is 0 Å². The molecule has 0 radical (unpaired) electrons. The van der Waals surface area contributed by atoms with Gasteiger partial charge in [-0.25, -0.2) is 5.43 Å². The van der Waals surface area contributed by atoms with E-state index in [1.54, 1.807) is 6.07 Å². The van der Waals surface area contributed by atoms with Gasteiger partial charge in [0.15, 0.2) is 6.61 Å². The Kier molecular flexibility index (Phi) is 6.06. The molecule has 132 valence electrons. The molecule has 1 amide bonds. The highest BCUT2D eigenvalue weighted by Crippen LogP contribution is 2.22. The summed E-state index contributed by atoms with van der Waals surface area (Å²) in [6.07, 6.45) is 1.46. The molecule has 0 aliphatic rings. The van der Waals surface area contributed by atoms with E-state index in [1.807, 2.05) is 61.5 Å². The van der Waals surface area contributed by atoms with Crippen molar-refractivity contribution in [2.45, 2.75) is 6.92 Å². The maximum absolute atomic E-state index is 11.8. The fourth-order valence-electron chi connectivity index (χ4n) is 2.25. The van der Waals surface area contributed by atoms with Gasteiger partial charge in [-0.1, -0.05) is 30.3 Å². The van der Waals surface area contributed by atoms with Gasteiger partial charge in [-0.05, 0) is 65.4 Å². The number of benzene rings is 2. The Balaban J connectivity index is 1.51. The fraction of sp³-hybridized carbons (Fsp3) is 0.100. The molecule has 0 aliphatic heterocycles. The first kappa shape index (κ1) is 18.2. The molecular formula is C20H17IN2O3. The molecule has 0 atom stereocenters. The summed E-state index contributed by atoms with van der Waals surface area (Å²) in [5.41, 5.74) is 4.38. The molecule has 6 heteroatoms. The number of halogens is 1. The van der Waals surface area contributed by atoms with Crippen molar-refractivity contribution in [1.82, 2.24) is 5.43 Å². The van der Waals surface area contributed by atoms with Gasteiger partial charge in [0.05, 0.1) is 6.21 Å². The minimum Gasteiger partial charge on any atom is -0.483 e. The topological polar surface area (TPSA) is 63.8 Å². The maximum Gasteiger partial charge on any atom is 0.277 e. The Morgan fingerprint density at radius 1 is 1.15 bits per heavy atom. The third-order valence-corrected chi connectivity index (χ3v) is 4.31. The fourth-order valence-corrected chi connectivity index (χ4v) is 2.61. The lowest BCUT2D eigenvalue weighted by atomic mass is 10.2. The number of nitrogens with zero attached hydrogens (tertiary/aromatic N) is 1. The number of nitrogens with one attached hydrogen (secondary N) is 1. The summed E-state index contributed by atoms with van der Waals surface area (Å²) in [6, 6.07) is 19.2. The van der Waals surface area contributed by atoms with Crippen LogP contribution >= 0.6 is 22.6 Å². The molecule has 3 rings (SSSR count). The Labute approximate surface area is 165 Å². The normalized spacial score (nSPS) is 10.8. The number of carbonyl (C=O) groups excluding carboxylic acids is 1. The van der Waals surface area contributed by atoms with Crippen LogP contribution < -0.4 is 10.2 Å². The third-order valence-electron chi connectivity index (χ3n) is 3.59. The molecule has 0 fully saturated rings. The van der Waals surface area contributed by atoms with E-state index in [0.717, 1.165) is 20.5 Å². The zero-order chi connectivity index (χ0) is 18.4. The van der Waals surface area contributed by atoms with Crippen molar-refractivity contribution in [2.24, 2.45) is 5.10 Å². The number of furan rings is 1. The van der Waals surface area contributed by atoms with Crippen LogP contribution in [-0.2, 0) is 4.79 Å². The van der Waals surface area contributed by atoms with Gasteiger partial charge in [-0.15, -0.1) is 0 Å². The van der Waals surface area contributed by atoms with Crippen molar-refractivity contribution >= 4 is 34.7 Å². The molecule has 0 unspecified atom stereocenters. The van der Waals surface area contributed by atoms with Crippen molar-refractivity contribution in [2.75, 3.05) is 6.61 Å². The predicted molar refractivity (Wildman–Crippen MR) is 109 cm³/mol. The van der Waals surface area contributed by atoms with E-state index in [9.17, 15) is 4.79 Å². The molecule has 0 saturated heterocycles. The minimum atomic E-state index is -0.339. The number of aryl methyl sites for hydroxylation is 1. The Hall–Kier alpha value is -2.61. The molecule has 0 saturated carbocycles. The second-order valence-electron chi connectivity index (χ2n) is 5.56. The summed E-state index contributed by atoms with van der Waals surface area (Å²) in [6.45, 7) is 1.82. The second kappa shape index (κ2) is 8.66. The zero-order valence-corrected chi connectivity index (χ0v) is 16.3. The average molecular weight is 460 g/mol. The second-order valence-corrected chi connectivity index (χ2v) is 6.80. The summed E-state index contributed by atoms with van der Waals surface area (Å²) in [7, 11) is 0. The number of amides is 1. The molecule has 1 N–H and O–H groups in total. The first-order valence-electron chi connectivity index (χ1n) is 7.98. The van der Waals surface area contributed by atoms with Gasteiger partial charge in [0.25, 0.3) is 5.91 Å². The van der Waals surface area contributed by atoms with Gasteiger partial charge in [-0.2, -0.15) is 5.10 Å². The summed E-state index contributed by atoms with van der Waals surface area (Å²) < 4.78 is 12.3. The number of para-hydroxylation sites is 1. The number of hydrazone groups is 1. The lowest BCUT2D eigenvalue weighted by molar-refractivity contribution is -0.123. The van der Waals surface area contributed by atoms with E-state index >= 15 is 0 Å². The van der Waals surface area contributed by atoms with Gasteiger partial charge in [0.1, 0.15) is 17.3 Å². The molecule has 0 spiro atoms. The first-order chi connectivity index (χ1) is 12.6. The molecule has 5 nitrogen and oxygen atoms in total. The van der Waals surface area contributed by atoms with E-state index < -0.39 is 0 Å². The highest BCUT2D eigenvalue weighted by molar-refractivity contribution is 14.1. The quantitative estimate of drug-likeness (QED) is 0.337. The molecule has 0 bridgehead atoms. The lowest BCUT2D eigenvalue weighted by Crippen LogP contribution is -2.24. The van der Waals surface area contributed by atoms with E-state index in [1.165, 1.54) is 6.21 Å². The summed E-state index contributed by atoms with van der Waals surface area (Å²) in [5, 5.41) is 3.90. The SMILES string of the molecule is Cc1ccccc1OCC(=O)N/N=C\c1ccc(-c2ccc(I)cc2)o1. The van der Waals surface area contributed by atoms with Crippen LogP contribution in [0.5, 0.6) is 5.75 Å². The first-order valence-corrected chi connectivity index (χ1v) is 9.06. The summed E-state index contributed by atoms with van der Waals surface area (Å²) >= 11 is 2.26. The van der Waals surface area contributed by atoms with E-state index in [4.69, 9.17) is 9.15 Å². The number of carbonyl (C=O) groups is 1. The van der Waals surface area contributed by atoms with Crippen molar-refractivity contribution in [3.05, 3.63) is 75.6 Å². The smallest absolute Gasteiger partial charge is 0.277 e. The van der Waals surface area contributed by atoms with Crippen LogP contribution in [0.25, 0.3) is 11.3 Å². The number of hydrogen-bond acceptors (Lipinski definition) is 4. The van der Waals surface area contributed by atoms with Gasteiger partial charge >= 0.3 is 0 Å². The monoisotopic (exact) mass is 460 g/mol. The molecular weight excluding hydrogens is 443 g/mol. The molecule has 1 heterocycles. The molecule has 3 aromatic rings. The average Bonchev–Trinajstić information content (AvgIpc) is 3.10. The third kappa shape index (κ3) is 4.95. The highest BCUT2D eigenvalue weighted by Gasteiger charge is 2.05. The van der Waals surface area contributed by atoms with E-state index in [2.05, 4.69) is 33.1 Å². The van der Waals surface area contributed by atoms with Crippen LogP contribution in [-0.4, -0.2) is 18.7 Å². The summed E-state index contributed by atoms with van der Waals surface area (Å²) in [4.78, 5) is 11.8. The van der Waals surface area contributed by atoms with Crippen molar-refractivity contribution < 1.29 is 13.9 Å². The van der Waals surface area contributed by atoms with Crippen LogP contribution in [0.1, 0.15) is 11.3 Å². The Bertz CT molecular complexity index is 917. The van der Waals surface area contributed by atoms with Crippen molar-refractivity contribution in [3.8, 4) is 17.1 Å².